The van der Waals surface area contributed by atoms with Crippen LogP contribution in [0.3, 0.4) is 0 Å². The van der Waals surface area contributed by atoms with E-state index >= 15 is 0 Å². The fraction of sp³-hybridized carbons (Fsp3) is 0.333. The van der Waals surface area contributed by atoms with Crippen molar-refractivity contribution in [2.75, 3.05) is 0 Å². The van der Waals surface area contributed by atoms with Crippen LogP contribution >= 0.6 is 0 Å². The van der Waals surface area contributed by atoms with Crippen LogP contribution in [0, 0.1) is 13.8 Å². The van der Waals surface area contributed by atoms with Gasteiger partial charge in [-0.1, -0.05) is 32.0 Å². The Morgan fingerprint density at radius 2 is 1.90 bits per heavy atom. The van der Waals surface area contributed by atoms with Gasteiger partial charge in [-0.15, -0.1) is 0 Å². The van der Waals surface area contributed by atoms with Crippen LogP contribution in [-0.2, 0) is 4.79 Å². The van der Waals surface area contributed by atoms with Gasteiger partial charge in [0.05, 0.1) is 6.21 Å². The zero-order valence-electron chi connectivity index (χ0n) is 13.3. The largest absolute Gasteiger partial charge is 0.274 e. The molecule has 0 unspecified atom stereocenters. The van der Waals surface area contributed by atoms with E-state index < -0.39 is 0 Å². The molecule has 0 aromatic carbocycles. The van der Waals surface area contributed by atoms with E-state index in [1.54, 1.807) is 6.21 Å². The van der Waals surface area contributed by atoms with E-state index in [1.165, 1.54) is 34.7 Å². The van der Waals surface area contributed by atoms with Gasteiger partial charge >= 0.3 is 0 Å². The average Bonchev–Trinajstić information content (AvgIpc) is 2.58. The predicted molar refractivity (Wildman–Crippen MR) is 88.0 cm³/mol. The number of hydrazone groups is 1. The number of hydrogen-bond acceptors (Lipinski definition) is 2. The minimum Gasteiger partial charge on any atom is -0.274 e. The van der Waals surface area contributed by atoms with E-state index in [4.69, 9.17) is 0 Å². The van der Waals surface area contributed by atoms with E-state index in [0.717, 1.165) is 5.56 Å². The highest BCUT2D eigenvalue weighted by atomic mass is 16.2. The molecule has 0 bridgehead atoms. The van der Waals surface area contributed by atoms with Crippen molar-refractivity contribution in [3.63, 3.8) is 0 Å². The zero-order chi connectivity index (χ0) is 15.6. The van der Waals surface area contributed by atoms with Crippen molar-refractivity contribution in [3.05, 3.63) is 46.5 Å². The molecule has 0 saturated heterocycles. The molecular formula is C18H22N2O. The summed E-state index contributed by atoms with van der Waals surface area (Å²) in [5.74, 6) is 0.328. The first-order chi connectivity index (χ1) is 9.90. The Balaban J connectivity index is 2.54. The second-order valence-electron chi connectivity index (χ2n) is 5.81. The third kappa shape index (κ3) is 3.30. The molecule has 0 heterocycles. The summed E-state index contributed by atoms with van der Waals surface area (Å²) in [4.78, 5) is 10.9. The van der Waals surface area contributed by atoms with Gasteiger partial charge in [-0.2, -0.15) is 5.10 Å². The summed E-state index contributed by atoms with van der Waals surface area (Å²) in [5.41, 5.74) is 9.73. The lowest BCUT2D eigenvalue weighted by Crippen LogP contribution is -2.12. The smallest absolute Gasteiger partial charge is 0.236 e. The van der Waals surface area contributed by atoms with E-state index in [1.807, 2.05) is 0 Å². The molecule has 0 radical (unpaired) electrons. The standard InChI is InChI=1S/C18H22N2O/c1-11(2)15-7-6-12(3)18-16(10-19-20-14(5)21)8-13(4)17(18)9-15/h6-11H,1-5H3,(H,20,21)/b19-10-. The van der Waals surface area contributed by atoms with Crippen molar-refractivity contribution >= 4 is 12.1 Å². The molecule has 0 aliphatic heterocycles. The first kappa shape index (κ1) is 15.2. The fourth-order valence-corrected chi connectivity index (χ4v) is 2.53. The highest BCUT2D eigenvalue weighted by molar-refractivity contribution is 5.95. The molecule has 3 heteroatoms. The zero-order valence-corrected chi connectivity index (χ0v) is 13.3. The van der Waals surface area contributed by atoms with Gasteiger partial charge in [0, 0.05) is 12.5 Å². The summed E-state index contributed by atoms with van der Waals surface area (Å²) >= 11 is 0. The lowest BCUT2D eigenvalue weighted by molar-refractivity contribution is -0.118. The van der Waals surface area contributed by atoms with Crippen LogP contribution in [-0.4, -0.2) is 12.1 Å². The molecule has 0 aromatic heterocycles. The number of amides is 1. The van der Waals surface area contributed by atoms with Gasteiger partial charge in [-0.05, 0) is 53.6 Å². The Hall–Kier alpha value is -2.16. The quantitative estimate of drug-likeness (QED) is 0.671. The number of rotatable bonds is 3. The maximum Gasteiger partial charge on any atom is 0.236 e. The Labute approximate surface area is 126 Å². The van der Waals surface area contributed by atoms with Crippen molar-refractivity contribution in [3.8, 4) is 11.1 Å². The molecule has 0 atom stereocenters. The van der Waals surface area contributed by atoms with E-state index in [2.05, 4.69) is 62.5 Å². The fourth-order valence-electron chi connectivity index (χ4n) is 2.53. The number of aryl methyl sites for hydroxylation is 2. The van der Waals surface area contributed by atoms with Crippen molar-refractivity contribution in [1.29, 1.82) is 0 Å². The number of nitrogens with one attached hydrogen (secondary N) is 1. The molecule has 0 aromatic rings. The van der Waals surface area contributed by atoms with Gasteiger partial charge in [0.1, 0.15) is 0 Å². The monoisotopic (exact) mass is 282 g/mol. The molecule has 21 heavy (non-hydrogen) atoms. The van der Waals surface area contributed by atoms with Crippen LogP contribution in [0.4, 0.5) is 0 Å². The number of carbonyl (C=O) groups is 1. The van der Waals surface area contributed by atoms with Crippen LogP contribution in [0.2, 0.25) is 0 Å². The molecule has 0 saturated carbocycles. The van der Waals surface area contributed by atoms with Gasteiger partial charge in [0.25, 0.3) is 0 Å². The minimum absolute atomic E-state index is 0.164. The summed E-state index contributed by atoms with van der Waals surface area (Å²) in [6, 6.07) is 8.73. The van der Waals surface area contributed by atoms with Crippen molar-refractivity contribution in [1.82, 2.24) is 5.43 Å². The summed E-state index contributed by atoms with van der Waals surface area (Å²) in [6.07, 6.45) is 1.72. The van der Waals surface area contributed by atoms with Gasteiger partial charge in [-0.3, -0.25) is 4.79 Å². The number of carbonyl (C=O) groups excluding carboxylic acids is 1. The highest BCUT2D eigenvalue weighted by Crippen LogP contribution is 2.35. The maximum atomic E-state index is 10.9. The Kier molecular flexibility index (Phi) is 4.41. The normalized spacial score (nSPS) is 11.5. The molecule has 1 N–H and O–H groups in total. The second-order valence-corrected chi connectivity index (χ2v) is 5.81. The van der Waals surface area contributed by atoms with Crippen LogP contribution < -0.4 is 5.43 Å². The lowest BCUT2D eigenvalue weighted by atomic mass is 10.0. The lowest BCUT2D eigenvalue weighted by Gasteiger charge is -2.04. The van der Waals surface area contributed by atoms with E-state index in [9.17, 15) is 4.79 Å². The summed E-state index contributed by atoms with van der Waals surface area (Å²) < 4.78 is 0. The van der Waals surface area contributed by atoms with Gasteiger partial charge in [0.2, 0.25) is 5.91 Å². The summed E-state index contributed by atoms with van der Waals surface area (Å²) in [7, 11) is 0. The van der Waals surface area contributed by atoms with E-state index in [0.29, 0.717) is 5.92 Å². The SMILES string of the molecule is CC(=O)N/N=C\c1cc(C)c2cc(C(C)C)ccc(C)c1-2. The van der Waals surface area contributed by atoms with E-state index in [-0.39, 0.29) is 5.91 Å². The molecule has 110 valence electrons. The third-order valence-corrected chi connectivity index (χ3v) is 3.68. The molecular weight excluding hydrogens is 260 g/mol. The first-order valence-corrected chi connectivity index (χ1v) is 7.23. The summed E-state index contributed by atoms with van der Waals surface area (Å²) in [6.45, 7) is 10.1. The van der Waals surface area contributed by atoms with Crippen LogP contribution in [0.25, 0.3) is 11.1 Å². The Bertz CT molecular complexity index is 671. The van der Waals surface area contributed by atoms with Crippen molar-refractivity contribution in [2.24, 2.45) is 5.10 Å². The first-order valence-electron chi connectivity index (χ1n) is 7.23. The molecule has 2 rings (SSSR count). The van der Waals surface area contributed by atoms with Crippen LogP contribution in [0.1, 0.15) is 48.9 Å². The van der Waals surface area contributed by atoms with Crippen molar-refractivity contribution in [2.45, 2.75) is 40.5 Å². The molecule has 2 aliphatic carbocycles. The number of hydrogen-bond donors (Lipinski definition) is 1. The average molecular weight is 282 g/mol. The maximum absolute atomic E-state index is 10.9. The van der Waals surface area contributed by atoms with Crippen molar-refractivity contribution < 1.29 is 4.79 Å². The summed E-state index contributed by atoms with van der Waals surface area (Å²) in [5, 5.41) is 4.00. The van der Waals surface area contributed by atoms with Gasteiger partial charge < -0.3 is 0 Å². The minimum atomic E-state index is -0.164. The van der Waals surface area contributed by atoms with Crippen LogP contribution in [0.5, 0.6) is 0 Å². The second kappa shape index (κ2) is 6.08. The molecule has 0 spiro atoms. The molecule has 0 fully saturated rings. The molecule has 1 amide bonds. The molecule has 2 aliphatic rings. The van der Waals surface area contributed by atoms with Gasteiger partial charge in [-0.25, -0.2) is 5.43 Å². The Morgan fingerprint density at radius 1 is 1.19 bits per heavy atom. The Morgan fingerprint density at radius 3 is 2.52 bits per heavy atom. The molecule has 3 nitrogen and oxygen atoms in total. The predicted octanol–water partition coefficient (Wildman–Crippen LogP) is 4.00. The number of fused-ring (bicyclic) bond motifs is 1. The topological polar surface area (TPSA) is 41.5 Å². The third-order valence-electron chi connectivity index (χ3n) is 3.68. The number of nitrogens with zero attached hydrogens (tertiary/aromatic N) is 1. The van der Waals surface area contributed by atoms with Crippen LogP contribution in [0.15, 0.2) is 29.4 Å². The highest BCUT2D eigenvalue weighted by Gasteiger charge is 2.15. The van der Waals surface area contributed by atoms with Gasteiger partial charge in [0.15, 0.2) is 0 Å².